The Morgan fingerprint density at radius 2 is 1.62 bits per heavy atom. The van der Waals surface area contributed by atoms with E-state index >= 15 is 0 Å². The SMILES string of the molecule is CC(C)=CCCC(C)=CCCC(C)=CCOc1ccc(C(=O)O)c(O)c1. The molecule has 0 aliphatic rings. The van der Waals surface area contributed by atoms with Crippen molar-refractivity contribution in [3.8, 4) is 11.5 Å². The van der Waals surface area contributed by atoms with Crippen LogP contribution in [0.1, 0.15) is 63.7 Å². The molecule has 2 N–H and O–H groups in total. The van der Waals surface area contributed by atoms with Crippen LogP contribution in [0, 0.1) is 0 Å². The summed E-state index contributed by atoms with van der Waals surface area (Å²) in [6, 6.07) is 4.21. The van der Waals surface area contributed by atoms with Gasteiger partial charge in [0.25, 0.3) is 0 Å². The maximum atomic E-state index is 10.9. The van der Waals surface area contributed by atoms with Gasteiger partial charge in [-0.1, -0.05) is 28.9 Å². The van der Waals surface area contributed by atoms with Crippen molar-refractivity contribution in [2.24, 2.45) is 0 Å². The molecule has 26 heavy (non-hydrogen) atoms. The van der Waals surface area contributed by atoms with E-state index in [0.717, 1.165) is 25.7 Å². The molecule has 1 aromatic carbocycles. The second-order valence-corrected chi connectivity index (χ2v) is 6.75. The van der Waals surface area contributed by atoms with E-state index in [1.165, 1.54) is 28.9 Å². The number of benzene rings is 1. The summed E-state index contributed by atoms with van der Waals surface area (Å²) in [5.74, 6) is -0.995. The summed E-state index contributed by atoms with van der Waals surface area (Å²) in [5, 5.41) is 18.5. The molecule has 0 radical (unpaired) electrons. The largest absolute Gasteiger partial charge is 0.507 e. The Bertz CT molecular complexity index is 692. The maximum absolute atomic E-state index is 10.9. The minimum absolute atomic E-state index is 0.129. The van der Waals surface area contributed by atoms with E-state index in [0.29, 0.717) is 12.4 Å². The standard InChI is InChI=1S/C22H30O4/c1-16(2)7-5-8-17(3)9-6-10-18(4)13-14-26-19-11-12-20(22(24)25)21(23)15-19/h7,9,11-13,15,23H,5-6,8,10,14H2,1-4H3,(H,24,25). The molecule has 4 heteroatoms. The molecule has 1 aromatic rings. The van der Waals surface area contributed by atoms with Crippen LogP contribution >= 0.6 is 0 Å². The third kappa shape index (κ3) is 8.56. The number of carboxylic acids is 1. The first-order chi connectivity index (χ1) is 12.3. The molecule has 0 unspecified atom stereocenters. The molecule has 0 saturated carbocycles. The van der Waals surface area contributed by atoms with Crippen molar-refractivity contribution in [2.45, 2.75) is 53.4 Å². The van der Waals surface area contributed by atoms with Crippen LogP contribution in [-0.2, 0) is 0 Å². The highest BCUT2D eigenvalue weighted by molar-refractivity contribution is 5.90. The average Bonchev–Trinajstić information content (AvgIpc) is 2.54. The van der Waals surface area contributed by atoms with Crippen molar-refractivity contribution in [1.29, 1.82) is 0 Å². The number of phenols is 1. The number of aromatic hydroxyl groups is 1. The average molecular weight is 358 g/mol. The van der Waals surface area contributed by atoms with Gasteiger partial charge in [-0.25, -0.2) is 4.79 Å². The van der Waals surface area contributed by atoms with Gasteiger partial charge in [-0.3, -0.25) is 0 Å². The third-order valence-electron chi connectivity index (χ3n) is 4.00. The van der Waals surface area contributed by atoms with Gasteiger partial charge >= 0.3 is 5.97 Å². The van der Waals surface area contributed by atoms with E-state index in [1.54, 1.807) is 6.07 Å². The number of aromatic carboxylic acids is 1. The molecular formula is C22H30O4. The number of allylic oxidation sites excluding steroid dienone is 5. The Morgan fingerprint density at radius 3 is 2.19 bits per heavy atom. The molecule has 0 amide bonds. The van der Waals surface area contributed by atoms with Gasteiger partial charge in [0.2, 0.25) is 0 Å². The zero-order chi connectivity index (χ0) is 19.5. The van der Waals surface area contributed by atoms with Gasteiger partial charge in [-0.05, 0) is 71.6 Å². The third-order valence-corrected chi connectivity index (χ3v) is 4.00. The zero-order valence-corrected chi connectivity index (χ0v) is 16.2. The monoisotopic (exact) mass is 358 g/mol. The van der Waals surface area contributed by atoms with Crippen LogP contribution in [0.2, 0.25) is 0 Å². The lowest BCUT2D eigenvalue weighted by molar-refractivity contribution is 0.0693. The molecule has 0 aromatic heterocycles. The van der Waals surface area contributed by atoms with E-state index in [9.17, 15) is 9.90 Å². The quantitative estimate of drug-likeness (QED) is 0.512. The van der Waals surface area contributed by atoms with Crippen LogP contribution in [-0.4, -0.2) is 22.8 Å². The predicted molar refractivity (Wildman–Crippen MR) is 106 cm³/mol. The summed E-state index contributed by atoms with van der Waals surface area (Å²) in [4.78, 5) is 10.9. The number of hydrogen-bond acceptors (Lipinski definition) is 3. The molecular weight excluding hydrogens is 328 g/mol. The van der Waals surface area contributed by atoms with Gasteiger partial charge in [0, 0.05) is 6.07 Å². The van der Waals surface area contributed by atoms with Crippen LogP contribution in [0.4, 0.5) is 0 Å². The van der Waals surface area contributed by atoms with Crippen LogP contribution < -0.4 is 4.74 Å². The first-order valence-electron chi connectivity index (χ1n) is 8.93. The number of rotatable bonds is 10. The Labute approximate surface area is 156 Å². The van der Waals surface area contributed by atoms with E-state index in [4.69, 9.17) is 9.84 Å². The maximum Gasteiger partial charge on any atom is 0.339 e. The summed E-state index contributed by atoms with van der Waals surface area (Å²) in [5.41, 5.74) is 3.89. The van der Waals surface area contributed by atoms with Gasteiger partial charge in [-0.2, -0.15) is 0 Å². The molecule has 0 fully saturated rings. The summed E-state index contributed by atoms with van der Waals surface area (Å²) in [6.07, 6.45) is 10.8. The highest BCUT2D eigenvalue weighted by atomic mass is 16.5. The van der Waals surface area contributed by atoms with Crippen molar-refractivity contribution >= 4 is 5.97 Å². The first kappa shape index (κ1) is 21.6. The van der Waals surface area contributed by atoms with Gasteiger partial charge in [0.15, 0.2) is 0 Å². The highest BCUT2D eigenvalue weighted by Gasteiger charge is 2.09. The normalized spacial score (nSPS) is 12.0. The molecule has 0 saturated heterocycles. The summed E-state index contributed by atoms with van der Waals surface area (Å²) in [7, 11) is 0. The Hall–Kier alpha value is -2.49. The highest BCUT2D eigenvalue weighted by Crippen LogP contribution is 2.23. The molecule has 142 valence electrons. The van der Waals surface area contributed by atoms with Crippen LogP contribution in [0.3, 0.4) is 0 Å². The van der Waals surface area contributed by atoms with E-state index in [1.807, 2.05) is 6.08 Å². The fourth-order valence-corrected chi connectivity index (χ4v) is 2.40. The van der Waals surface area contributed by atoms with E-state index < -0.39 is 5.97 Å². The van der Waals surface area contributed by atoms with Gasteiger partial charge in [0.05, 0.1) is 0 Å². The van der Waals surface area contributed by atoms with Crippen LogP contribution in [0.25, 0.3) is 0 Å². The minimum Gasteiger partial charge on any atom is -0.507 e. The fourth-order valence-electron chi connectivity index (χ4n) is 2.40. The number of ether oxygens (including phenoxy) is 1. The summed E-state index contributed by atoms with van der Waals surface area (Å²) in [6.45, 7) is 8.88. The van der Waals surface area contributed by atoms with Crippen molar-refractivity contribution in [3.63, 3.8) is 0 Å². The summed E-state index contributed by atoms with van der Waals surface area (Å²) < 4.78 is 5.54. The number of hydrogen-bond donors (Lipinski definition) is 2. The van der Waals surface area contributed by atoms with Crippen molar-refractivity contribution < 1.29 is 19.7 Å². The van der Waals surface area contributed by atoms with Crippen LogP contribution in [0.5, 0.6) is 11.5 Å². The molecule has 0 aliphatic heterocycles. The van der Waals surface area contributed by atoms with Gasteiger partial charge in [-0.15, -0.1) is 0 Å². The Morgan fingerprint density at radius 1 is 1.00 bits per heavy atom. The molecule has 1 rings (SSSR count). The first-order valence-corrected chi connectivity index (χ1v) is 8.93. The molecule has 0 aliphatic carbocycles. The number of carboxylic acid groups (broad SMARTS) is 1. The molecule has 0 heterocycles. The van der Waals surface area contributed by atoms with Gasteiger partial charge < -0.3 is 14.9 Å². The van der Waals surface area contributed by atoms with E-state index in [2.05, 4.69) is 39.8 Å². The number of carbonyl (C=O) groups is 1. The molecule has 0 bridgehead atoms. The van der Waals surface area contributed by atoms with E-state index in [-0.39, 0.29) is 11.3 Å². The second-order valence-electron chi connectivity index (χ2n) is 6.75. The fraction of sp³-hybridized carbons (Fsp3) is 0.409. The lowest BCUT2D eigenvalue weighted by Crippen LogP contribution is -1.99. The lowest BCUT2D eigenvalue weighted by atomic mass is 10.1. The predicted octanol–water partition coefficient (Wildman–Crippen LogP) is 5.89. The van der Waals surface area contributed by atoms with Crippen molar-refractivity contribution in [1.82, 2.24) is 0 Å². The van der Waals surface area contributed by atoms with Gasteiger partial charge in [0.1, 0.15) is 23.7 Å². The molecule has 0 spiro atoms. The lowest BCUT2D eigenvalue weighted by Gasteiger charge is -2.06. The second kappa shape index (κ2) is 11.2. The smallest absolute Gasteiger partial charge is 0.339 e. The molecule has 0 atom stereocenters. The minimum atomic E-state index is -1.16. The Kier molecular flexibility index (Phi) is 9.27. The Balaban J connectivity index is 2.39. The van der Waals surface area contributed by atoms with Crippen molar-refractivity contribution in [2.75, 3.05) is 6.61 Å². The van der Waals surface area contributed by atoms with Crippen LogP contribution in [0.15, 0.2) is 53.1 Å². The zero-order valence-electron chi connectivity index (χ0n) is 16.2. The molecule has 4 nitrogen and oxygen atoms in total. The topological polar surface area (TPSA) is 66.8 Å². The van der Waals surface area contributed by atoms with Crippen molar-refractivity contribution in [3.05, 3.63) is 58.7 Å². The summed E-state index contributed by atoms with van der Waals surface area (Å²) >= 11 is 0.